The lowest BCUT2D eigenvalue weighted by atomic mass is 9.90. The van der Waals surface area contributed by atoms with Crippen LogP contribution >= 0.6 is 0 Å². The Morgan fingerprint density at radius 1 is 1.30 bits per heavy atom. The lowest BCUT2D eigenvalue weighted by molar-refractivity contribution is -0.131. The number of hydrogen-bond donors (Lipinski definition) is 0. The molecule has 2 nitrogen and oxygen atoms in total. The van der Waals surface area contributed by atoms with Gasteiger partial charge < -0.3 is 4.90 Å². The van der Waals surface area contributed by atoms with Crippen LogP contribution in [0.2, 0.25) is 0 Å². The van der Waals surface area contributed by atoms with Crippen molar-refractivity contribution in [2.24, 2.45) is 23.7 Å². The van der Waals surface area contributed by atoms with Crippen molar-refractivity contribution in [1.29, 1.82) is 0 Å². The molecule has 4 unspecified atom stereocenters. The quantitative estimate of drug-likeness (QED) is 0.607. The van der Waals surface area contributed by atoms with Crippen LogP contribution < -0.4 is 0 Å². The third-order valence-corrected chi connectivity index (χ3v) is 5.35. The van der Waals surface area contributed by atoms with Crippen LogP contribution in [0.3, 0.4) is 0 Å². The Hall–Kier alpha value is -0.790. The highest BCUT2D eigenvalue weighted by atomic mass is 16.2. The van der Waals surface area contributed by atoms with Crippen molar-refractivity contribution in [3.63, 3.8) is 0 Å². The molecule has 2 heteroatoms. The summed E-state index contributed by atoms with van der Waals surface area (Å²) in [4.78, 5) is 14.4. The molecule has 0 aromatic heterocycles. The van der Waals surface area contributed by atoms with Crippen molar-refractivity contribution in [2.75, 3.05) is 13.6 Å². The number of allylic oxidation sites excluding steroid dienone is 2. The van der Waals surface area contributed by atoms with Gasteiger partial charge in [0, 0.05) is 20.0 Å². The molecule has 0 heterocycles. The van der Waals surface area contributed by atoms with Gasteiger partial charge in [-0.15, -0.1) is 0 Å². The first kappa shape index (κ1) is 15.6. The molecule has 2 rings (SSSR count). The molecule has 0 spiro atoms. The molecule has 0 radical (unpaired) electrons. The van der Waals surface area contributed by atoms with Crippen molar-refractivity contribution in [3.05, 3.63) is 12.2 Å². The molecule has 1 amide bonds. The van der Waals surface area contributed by atoms with Crippen LogP contribution in [-0.2, 0) is 4.79 Å². The zero-order valence-electron chi connectivity index (χ0n) is 13.5. The number of carbonyl (C=O) groups is 1. The predicted molar refractivity (Wildman–Crippen MR) is 84.4 cm³/mol. The summed E-state index contributed by atoms with van der Waals surface area (Å²) in [6, 6.07) is 0. The second-order valence-electron chi connectivity index (χ2n) is 6.94. The van der Waals surface area contributed by atoms with Crippen LogP contribution in [0.25, 0.3) is 0 Å². The highest BCUT2D eigenvalue weighted by molar-refractivity contribution is 5.76. The summed E-state index contributed by atoms with van der Waals surface area (Å²) in [6.07, 6.45) is 13.0. The fourth-order valence-corrected chi connectivity index (χ4v) is 3.92. The maximum absolute atomic E-state index is 12.4. The third-order valence-electron chi connectivity index (χ3n) is 5.35. The van der Waals surface area contributed by atoms with E-state index in [-0.39, 0.29) is 0 Å². The fraction of sp³-hybridized carbons (Fsp3) is 0.833. The SMILES string of the molecule is CCCCC(CC)CN(C)C(=O)CC1CC2C=CC1C2. The van der Waals surface area contributed by atoms with E-state index >= 15 is 0 Å². The predicted octanol–water partition coefficient (Wildman–Crippen LogP) is 4.26. The van der Waals surface area contributed by atoms with Crippen LogP contribution in [0, 0.1) is 23.7 Å². The van der Waals surface area contributed by atoms with Gasteiger partial charge in [-0.25, -0.2) is 0 Å². The van der Waals surface area contributed by atoms with Crippen molar-refractivity contribution in [1.82, 2.24) is 4.90 Å². The van der Waals surface area contributed by atoms with Crippen molar-refractivity contribution >= 4 is 5.91 Å². The van der Waals surface area contributed by atoms with Gasteiger partial charge in [-0.1, -0.05) is 45.3 Å². The molecule has 114 valence electrons. The van der Waals surface area contributed by atoms with E-state index in [1.54, 1.807) is 0 Å². The second-order valence-corrected chi connectivity index (χ2v) is 6.94. The molecule has 0 aromatic carbocycles. The second kappa shape index (κ2) is 7.28. The van der Waals surface area contributed by atoms with Crippen LogP contribution in [0.15, 0.2) is 12.2 Å². The molecule has 2 bridgehead atoms. The summed E-state index contributed by atoms with van der Waals surface area (Å²) in [5, 5.41) is 0. The summed E-state index contributed by atoms with van der Waals surface area (Å²) in [5.74, 6) is 3.14. The average Bonchev–Trinajstić information content (AvgIpc) is 3.05. The smallest absolute Gasteiger partial charge is 0.222 e. The normalized spacial score (nSPS) is 28.9. The van der Waals surface area contributed by atoms with Crippen LogP contribution in [0.1, 0.15) is 58.8 Å². The number of carbonyl (C=O) groups excluding carboxylic acids is 1. The lowest BCUT2D eigenvalue weighted by Gasteiger charge is -2.26. The van der Waals surface area contributed by atoms with E-state index in [1.807, 2.05) is 11.9 Å². The Kier molecular flexibility index (Phi) is 5.68. The molecule has 0 N–H and O–H groups in total. The third kappa shape index (κ3) is 3.86. The fourth-order valence-electron chi connectivity index (χ4n) is 3.92. The topological polar surface area (TPSA) is 20.3 Å². The summed E-state index contributed by atoms with van der Waals surface area (Å²) >= 11 is 0. The molecule has 0 aromatic rings. The Bertz CT molecular complexity index is 349. The first-order chi connectivity index (χ1) is 9.63. The molecule has 4 atom stereocenters. The molecule has 20 heavy (non-hydrogen) atoms. The van der Waals surface area contributed by atoms with E-state index in [0.717, 1.165) is 18.9 Å². The minimum absolute atomic E-state index is 0.367. The summed E-state index contributed by atoms with van der Waals surface area (Å²) in [7, 11) is 2.00. The Morgan fingerprint density at radius 3 is 2.65 bits per heavy atom. The Morgan fingerprint density at radius 2 is 2.10 bits per heavy atom. The number of nitrogens with zero attached hydrogens (tertiary/aromatic N) is 1. The van der Waals surface area contributed by atoms with Gasteiger partial charge in [0.2, 0.25) is 5.91 Å². The molecule has 0 aliphatic heterocycles. The molecular weight excluding hydrogens is 246 g/mol. The standard InChI is InChI=1S/C18H31NO/c1-4-6-7-14(5-2)13-19(3)18(20)12-17-11-15-8-9-16(17)10-15/h8-9,14-17H,4-7,10-13H2,1-3H3. The van der Waals surface area contributed by atoms with Crippen molar-refractivity contribution in [3.8, 4) is 0 Å². The molecular formula is C18H31NO. The van der Waals surface area contributed by atoms with Crippen LogP contribution in [0.5, 0.6) is 0 Å². The van der Waals surface area contributed by atoms with Crippen molar-refractivity contribution < 1.29 is 4.79 Å². The average molecular weight is 277 g/mol. The van der Waals surface area contributed by atoms with Gasteiger partial charge in [0.25, 0.3) is 0 Å². The van der Waals surface area contributed by atoms with Crippen LogP contribution in [-0.4, -0.2) is 24.4 Å². The highest BCUT2D eigenvalue weighted by Crippen LogP contribution is 2.45. The molecule has 1 fully saturated rings. The number of fused-ring (bicyclic) bond motifs is 2. The molecule has 2 aliphatic carbocycles. The summed E-state index contributed by atoms with van der Waals surface area (Å²) in [5.41, 5.74) is 0. The largest absolute Gasteiger partial charge is 0.345 e. The van der Waals surface area contributed by atoms with E-state index in [4.69, 9.17) is 0 Å². The summed E-state index contributed by atoms with van der Waals surface area (Å²) in [6.45, 7) is 5.44. The van der Waals surface area contributed by atoms with Crippen LogP contribution in [0.4, 0.5) is 0 Å². The first-order valence-electron chi connectivity index (χ1n) is 8.56. The maximum Gasteiger partial charge on any atom is 0.222 e. The van der Waals surface area contributed by atoms with Gasteiger partial charge in [0.05, 0.1) is 0 Å². The van der Waals surface area contributed by atoms with E-state index in [2.05, 4.69) is 26.0 Å². The van der Waals surface area contributed by atoms with Gasteiger partial charge in [-0.3, -0.25) is 4.79 Å². The molecule has 0 saturated heterocycles. The maximum atomic E-state index is 12.4. The summed E-state index contributed by atoms with van der Waals surface area (Å²) < 4.78 is 0. The van der Waals surface area contributed by atoms with E-state index < -0.39 is 0 Å². The Labute approximate surface area is 124 Å². The zero-order valence-corrected chi connectivity index (χ0v) is 13.5. The zero-order chi connectivity index (χ0) is 14.5. The Balaban J connectivity index is 1.75. The number of amides is 1. The van der Waals surface area contributed by atoms with Gasteiger partial charge in [0.1, 0.15) is 0 Å². The highest BCUT2D eigenvalue weighted by Gasteiger charge is 2.36. The number of rotatable bonds is 8. The van der Waals surface area contributed by atoms with Gasteiger partial charge in [-0.05, 0) is 42.9 Å². The number of hydrogen-bond acceptors (Lipinski definition) is 1. The van der Waals surface area contributed by atoms with Crippen molar-refractivity contribution in [2.45, 2.75) is 58.8 Å². The minimum atomic E-state index is 0.367. The lowest BCUT2D eigenvalue weighted by Crippen LogP contribution is -2.33. The van der Waals surface area contributed by atoms with Gasteiger partial charge >= 0.3 is 0 Å². The van der Waals surface area contributed by atoms with E-state index in [0.29, 0.717) is 23.7 Å². The minimum Gasteiger partial charge on any atom is -0.345 e. The molecule has 2 aliphatic rings. The van der Waals surface area contributed by atoms with E-state index in [9.17, 15) is 4.79 Å². The molecule has 1 saturated carbocycles. The first-order valence-corrected chi connectivity index (χ1v) is 8.56. The van der Waals surface area contributed by atoms with E-state index in [1.165, 1.54) is 38.5 Å². The van der Waals surface area contributed by atoms with Gasteiger partial charge in [0.15, 0.2) is 0 Å². The van der Waals surface area contributed by atoms with Gasteiger partial charge in [-0.2, -0.15) is 0 Å². The monoisotopic (exact) mass is 277 g/mol. The number of unbranched alkanes of at least 4 members (excludes halogenated alkanes) is 1.